The van der Waals surface area contributed by atoms with Crippen LogP contribution < -0.4 is 10.6 Å². The summed E-state index contributed by atoms with van der Waals surface area (Å²) in [5.74, 6) is 0.701. The standard InChI is InChI=1S/C13H21N5O2/c1-9-10(18(19)20)11(17-12(14-3)16-9)15-8-13(2)6-4-5-7-13/h4-8H2,1-3H3,(H2,14,15,16,17). The average Bonchev–Trinajstić information content (AvgIpc) is 2.82. The van der Waals surface area contributed by atoms with Crippen LogP contribution in [0.4, 0.5) is 17.5 Å². The molecule has 7 nitrogen and oxygen atoms in total. The SMILES string of the molecule is CNc1nc(C)c([N+](=O)[O-])c(NCC2(C)CCCC2)n1. The van der Waals surface area contributed by atoms with Gasteiger partial charge in [0.2, 0.25) is 11.8 Å². The van der Waals surface area contributed by atoms with Crippen molar-refractivity contribution in [2.24, 2.45) is 5.41 Å². The predicted octanol–water partition coefficient (Wildman–Crippen LogP) is 2.73. The normalized spacial score (nSPS) is 16.9. The number of hydrogen-bond acceptors (Lipinski definition) is 6. The van der Waals surface area contributed by atoms with Crippen molar-refractivity contribution in [3.8, 4) is 0 Å². The van der Waals surface area contributed by atoms with E-state index in [2.05, 4.69) is 27.5 Å². The van der Waals surface area contributed by atoms with Crippen LogP contribution in [0.5, 0.6) is 0 Å². The Morgan fingerprint density at radius 1 is 1.35 bits per heavy atom. The third kappa shape index (κ3) is 2.97. The molecule has 1 saturated carbocycles. The van der Waals surface area contributed by atoms with Gasteiger partial charge in [-0.25, -0.2) is 4.98 Å². The van der Waals surface area contributed by atoms with E-state index in [-0.39, 0.29) is 11.1 Å². The van der Waals surface area contributed by atoms with Crippen LogP contribution in [-0.4, -0.2) is 28.5 Å². The van der Waals surface area contributed by atoms with Crippen LogP contribution in [-0.2, 0) is 0 Å². The van der Waals surface area contributed by atoms with E-state index in [1.807, 2.05) is 0 Å². The van der Waals surface area contributed by atoms with Crippen LogP contribution in [0, 0.1) is 22.5 Å². The van der Waals surface area contributed by atoms with Crippen molar-refractivity contribution in [1.29, 1.82) is 0 Å². The molecule has 0 bridgehead atoms. The van der Waals surface area contributed by atoms with E-state index in [1.165, 1.54) is 12.8 Å². The lowest BCUT2D eigenvalue weighted by Crippen LogP contribution is -2.24. The Bertz CT molecular complexity index is 512. The van der Waals surface area contributed by atoms with Gasteiger partial charge in [0.15, 0.2) is 0 Å². The van der Waals surface area contributed by atoms with Gasteiger partial charge in [0.05, 0.1) is 4.92 Å². The molecule has 1 aliphatic carbocycles. The summed E-state index contributed by atoms with van der Waals surface area (Å²) < 4.78 is 0. The molecular formula is C13H21N5O2. The molecule has 0 amide bonds. The van der Waals surface area contributed by atoms with Gasteiger partial charge in [0.1, 0.15) is 5.69 Å². The van der Waals surface area contributed by atoms with Gasteiger partial charge in [0, 0.05) is 13.6 Å². The third-order valence-corrected chi connectivity index (χ3v) is 3.96. The highest BCUT2D eigenvalue weighted by atomic mass is 16.6. The van der Waals surface area contributed by atoms with Crippen molar-refractivity contribution in [2.45, 2.75) is 39.5 Å². The van der Waals surface area contributed by atoms with Crippen molar-refractivity contribution in [3.05, 3.63) is 15.8 Å². The second kappa shape index (κ2) is 5.60. The van der Waals surface area contributed by atoms with E-state index >= 15 is 0 Å². The Balaban J connectivity index is 2.24. The molecule has 1 heterocycles. The van der Waals surface area contributed by atoms with Crippen LogP contribution >= 0.6 is 0 Å². The smallest absolute Gasteiger partial charge is 0.332 e. The summed E-state index contributed by atoms with van der Waals surface area (Å²) in [5.41, 5.74) is 0.533. The summed E-state index contributed by atoms with van der Waals surface area (Å²) >= 11 is 0. The molecule has 1 aromatic rings. The molecular weight excluding hydrogens is 258 g/mol. The first-order chi connectivity index (χ1) is 9.45. The molecule has 1 aromatic heterocycles. The van der Waals surface area contributed by atoms with Crippen molar-refractivity contribution in [3.63, 3.8) is 0 Å². The Labute approximate surface area is 118 Å². The van der Waals surface area contributed by atoms with Gasteiger partial charge in [0.25, 0.3) is 0 Å². The fraction of sp³-hybridized carbons (Fsp3) is 0.692. The molecule has 110 valence electrons. The van der Waals surface area contributed by atoms with Gasteiger partial charge in [-0.1, -0.05) is 19.8 Å². The van der Waals surface area contributed by atoms with Crippen LogP contribution in [0.1, 0.15) is 38.3 Å². The summed E-state index contributed by atoms with van der Waals surface area (Å²) in [4.78, 5) is 19.0. The van der Waals surface area contributed by atoms with E-state index in [9.17, 15) is 10.1 Å². The van der Waals surface area contributed by atoms with Gasteiger partial charge in [-0.15, -0.1) is 0 Å². The zero-order valence-corrected chi connectivity index (χ0v) is 12.2. The molecule has 2 N–H and O–H groups in total. The van der Waals surface area contributed by atoms with E-state index in [4.69, 9.17) is 0 Å². The zero-order valence-electron chi connectivity index (χ0n) is 12.2. The highest BCUT2D eigenvalue weighted by Gasteiger charge is 2.30. The van der Waals surface area contributed by atoms with E-state index < -0.39 is 4.92 Å². The monoisotopic (exact) mass is 279 g/mol. The first-order valence-corrected chi connectivity index (χ1v) is 6.90. The van der Waals surface area contributed by atoms with Crippen LogP contribution in [0.2, 0.25) is 0 Å². The fourth-order valence-electron chi connectivity index (χ4n) is 2.72. The largest absolute Gasteiger partial charge is 0.364 e. The summed E-state index contributed by atoms with van der Waals surface area (Å²) in [6.45, 7) is 4.54. The van der Waals surface area contributed by atoms with Gasteiger partial charge in [-0.05, 0) is 25.2 Å². The fourth-order valence-corrected chi connectivity index (χ4v) is 2.72. The summed E-state index contributed by atoms with van der Waals surface area (Å²) in [5, 5.41) is 17.2. The van der Waals surface area contributed by atoms with Crippen LogP contribution in [0.25, 0.3) is 0 Å². The van der Waals surface area contributed by atoms with E-state index in [0.717, 1.165) is 12.8 Å². The Morgan fingerprint density at radius 2 is 2.00 bits per heavy atom. The molecule has 1 aliphatic rings. The highest BCUT2D eigenvalue weighted by Crippen LogP contribution is 2.38. The molecule has 20 heavy (non-hydrogen) atoms. The number of nitro groups is 1. The number of aryl methyl sites for hydroxylation is 1. The Kier molecular flexibility index (Phi) is 4.06. The number of nitrogens with one attached hydrogen (secondary N) is 2. The maximum absolute atomic E-state index is 11.2. The second-order valence-corrected chi connectivity index (χ2v) is 5.71. The first kappa shape index (κ1) is 14.5. The van der Waals surface area contributed by atoms with Crippen molar-refractivity contribution >= 4 is 17.5 Å². The van der Waals surface area contributed by atoms with Gasteiger partial charge in [-0.3, -0.25) is 10.1 Å². The minimum Gasteiger partial charge on any atom is -0.364 e. The van der Waals surface area contributed by atoms with Crippen LogP contribution in [0.15, 0.2) is 0 Å². The zero-order chi connectivity index (χ0) is 14.8. The maximum Gasteiger partial charge on any atom is 0.332 e. The number of anilines is 2. The molecule has 2 rings (SSSR count). The summed E-state index contributed by atoms with van der Waals surface area (Å²) in [6.07, 6.45) is 4.75. The Morgan fingerprint density at radius 3 is 2.55 bits per heavy atom. The van der Waals surface area contributed by atoms with Crippen LogP contribution in [0.3, 0.4) is 0 Å². The summed E-state index contributed by atoms with van der Waals surface area (Å²) in [7, 11) is 1.70. The molecule has 0 aromatic carbocycles. The highest BCUT2D eigenvalue weighted by molar-refractivity contribution is 5.60. The van der Waals surface area contributed by atoms with Crippen molar-refractivity contribution in [2.75, 3.05) is 24.2 Å². The lowest BCUT2D eigenvalue weighted by Gasteiger charge is -2.24. The number of rotatable bonds is 5. The predicted molar refractivity (Wildman–Crippen MR) is 78.0 cm³/mol. The Hall–Kier alpha value is -1.92. The minimum atomic E-state index is -0.423. The van der Waals surface area contributed by atoms with Crippen molar-refractivity contribution < 1.29 is 4.92 Å². The van der Waals surface area contributed by atoms with Gasteiger partial charge >= 0.3 is 5.69 Å². The molecule has 0 unspecified atom stereocenters. The first-order valence-electron chi connectivity index (χ1n) is 6.90. The molecule has 0 saturated heterocycles. The molecule has 7 heteroatoms. The lowest BCUT2D eigenvalue weighted by molar-refractivity contribution is -0.385. The number of aromatic nitrogens is 2. The molecule has 0 spiro atoms. The topological polar surface area (TPSA) is 93.0 Å². The van der Waals surface area contributed by atoms with Crippen molar-refractivity contribution in [1.82, 2.24) is 9.97 Å². The van der Waals surface area contributed by atoms with E-state index in [1.54, 1.807) is 14.0 Å². The van der Waals surface area contributed by atoms with Gasteiger partial charge < -0.3 is 10.6 Å². The quantitative estimate of drug-likeness (QED) is 0.636. The third-order valence-electron chi connectivity index (χ3n) is 3.96. The maximum atomic E-state index is 11.2. The molecule has 0 aliphatic heterocycles. The number of nitrogens with zero attached hydrogens (tertiary/aromatic N) is 3. The van der Waals surface area contributed by atoms with Gasteiger partial charge in [-0.2, -0.15) is 4.98 Å². The molecule has 1 fully saturated rings. The lowest BCUT2D eigenvalue weighted by atomic mass is 9.89. The molecule has 0 atom stereocenters. The summed E-state index contributed by atoms with van der Waals surface area (Å²) in [6, 6.07) is 0. The average molecular weight is 279 g/mol. The van der Waals surface area contributed by atoms with E-state index in [0.29, 0.717) is 24.0 Å². The number of hydrogen-bond donors (Lipinski definition) is 2. The second-order valence-electron chi connectivity index (χ2n) is 5.71. The minimum absolute atomic E-state index is 0.0365. The molecule has 0 radical (unpaired) electrons.